The van der Waals surface area contributed by atoms with Gasteiger partial charge in [-0.25, -0.2) is 8.42 Å². The number of aryl methyl sites for hydroxylation is 1. The maximum atomic E-state index is 11.2. The minimum Gasteiger partial charge on any atom is -0.384 e. The smallest absolute Gasteiger partial charge is 0.273 e. The molecular formula is C14H18N2O5S. The van der Waals surface area contributed by atoms with E-state index >= 15 is 0 Å². The molecule has 0 fully saturated rings. The SMILES string of the molecule is Cc1cc2[nH]c(C(C)(O)CCS(C)(=O)=O)cc2cc1[N+](=O)[O-]. The molecule has 120 valence electrons. The van der Waals surface area contributed by atoms with Crippen LogP contribution in [0, 0.1) is 17.0 Å². The molecule has 0 aliphatic rings. The number of aromatic nitrogens is 1. The van der Waals surface area contributed by atoms with Crippen molar-refractivity contribution in [2.75, 3.05) is 12.0 Å². The summed E-state index contributed by atoms with van der Waals surface area (Å²) in [5.41, 5.74) is 0.268. The average Bonchev–Trinajstić information content (AvgIpc) is 2.78. The maximum Gasteiger partial charge on any atom is 0.273 e. The largest absolute Gasteiger partial charge is 0.384 e. The fraction of sp³-hybridized carbons (Fsp3) is 0.429. The van der Waals surface area contributed by atoms with Gasteiger partial charge in [0, 0.05) is 34.5 Å². The van der Waals surface area contributed by atoms with E-state index in [9.17, 15) is 23.6 Å². The molecule has 2 N–H and O–H groups in total. The van der Waals surface area contributed by atoms with Crippen LogP contribution < -0.4 is 0 Å². The zero-order chi connectivity index (χ0) is 16.7. The van der Waals surface area contributed by atoms with Gasteiger partial charge in [0.15, 0.2) is 0 Å². The average molecular weight is 326 g/mol. The number of H-pyrrole nitrogens is 1. The van der Waals surface area contributed by atoms with Crippen LogP contribution in [-0.4, -0.2) is 35.4 Å². The number of nitrogens with zero attached hydrogens (tertiary/aromatic N) is 1. The number of hydrogen-bond acceptors (Lipinski definition) is 5. The molecule has 22 heavy (non-hydrogen) atoms. The van der Waals surface area contributed by atoms with Gasteiger partial charge < -0.3 is 10.1 Å². The van der Waals surface area contributed by atoms with E-state index in [0.717, 1.165) is 6.26 Å². The Balaban J connectivity index is 2.42. The predicted molar refractivity (Wildman–Crippen MR) is 83.6 cm³/mol. The molecule has 0 aliphatic carbocycles. The Morgan fingerprint density at radius 2 is 2.00 bits per heavy atom. The number of hydrogen-bond donors (Lipinski definition) is 2. The topological polar surface area (TPSA) is 113 Å². The molecule has 0 spiro atoms. The molecule has 1 unspecified atom stereocenters. The number of aliphatic hydroxyl groups is 1. The summed E-state index contributed by atoms with van der Waals surface area (Å²) in [7, 11) is -3.18. The molecule has 2 aromatic rings. The van der Waals surface area contributed by atoms with E-state index in [0.29, 0.717) is 22.2 Å². The molecule has 2 rings (SSSR count). The Hall–Kier alpha value is -1.93. The van der Waals surface area contributed by atoms with Crippen LogP contribution in [0.25, 0.3) is 10.9 Å². The molecule has 7 nitrogen and oxygen atoms in total. The van der Waals surface area contributed by atoms with E-state index < -0.39 is 20.4 Å². The van der Waals surface area contributed by atoms with Crippen molar-refractivity contribution in [1.82, 2.24) is 4.98 Å². The van der Waals surface area contributed by atoms with Gasteiger partial charge in [-0.2, -0.15) is 0 Å². The monoisotopic (exact) mass is 326 g/mol. The molecule has 1 aromatic carbocycles. The summed E-state index contributed by atoms with van der Waals surface area (Å²) in [6, 6.07) is 4.70. The van der Waals surface area contributed by atoms with Crippen molar-refractivity contribution in [2.24, 2.45) is 0 Å². The van der Waals surface area contributed by atoms with Gasteiger partial charge in [-0.3, -0.25) is 10.1 Å². The van der Waals surface area contributed by atoms with Crippen molar-refractivity contribution in [3.05, 3.63) is 39.6 Å². The summed E-state index contributed by atoms with van der Waals surface area (Å²) >= 11 is 0. The van der Waals surface area contributed by atoms with Crippen molar-refractivity contribution < 1.29 is 18.4 Å². The standard InChI is InChI=1S/C14H18N2O5S/c1-9-6-11-10(7-12(9)16(18)19)8-13(15-11)14(2,17)4-5-22(3,20)21/h6-8,15,17H,4-5H2,1-3H3. The van der Waals surface area contributed by atoms with Gasteiger partial charge in [0.25, 0.3) is 5.69 Å². The van der Waals surface area contributed by atoms with Gasteiger partial charge in [0.2, 0.25) is 0 Å². The molecule has 0 saturated carbocycles. The van der Waals surface area contributed by atoms with Gasteiger partial charge in [0.1, 0.15) is 15.4 Å². The minimum atomic E-state index is -3.18. The number of nitrogens with one attached hydrogen (secondary N) is 1. The molecule has 1 heterocycles. The highest BCUT2D eigenvalue weighted by molar-refractivity contribution is 7.90. The van der Waals surface area contributed by atoms with E-state index in [1.165, 1.54) is 13.0 Å². The van der Waals surface area contributed by atoms with Crippen molar-refractivity contribution >= 4 is 26.4 Å². The number of sulfone groups is 1. The molecule has 1 aromatic heterocycles. The second kappa shape index (κ2) is 5.36. The Labute approximate surface area is 128 Å². The lowest BCUT2D eigenvalue weighted by Crippen LogP contribution is -2.25. The normalized spacial score (nSPS) is 14.9. The first kappa shape index (κ1) is 16.4. The summed E-state index contributed by atoms with van der Waals surface area (Å²) in [6.45, 7) is 3.16. The quantitative estimate of drug-likeness (QED) is 0.644. The lowest BCUT2D eigenvalue weighted by Gasteiger charge is -2.21. The van der Waals surface area contributed by atoms with Crippen LogP contribution in [0.4, 0.5) is 5.69 Å². The van der Waals surface area contributed by atoms with Crippen molar-refractivity contribution in [3.8, 4) is 0 Å². The van der Waals surface area contributed by atoms with Crippen molar-refractivity contribution in [3.63, 3.8) is 0 Å². The Bertz CT molecular complexity index is 836. The first-order valence-corrected chi connectivity index (χ1v) is 8.74. The zero-order valence-electron chi connectivity index (χ0n) is 12.6. The Kier molecular flexibility index (Phi) is 4.01. The van der Waals surface area contributed by atoms with Crippen molar-refractivity contribution in [2.45, 2.75) is 25.9 Å². The summed E-state index contributed by atoms with van der Waals surface area (Å²) in [4.78, 5) is 13.5. The molecule has 8 heteroatoms. The highest BCUT2D eigenvalue weighted by Crippen LogP contribution is 2.31. The van der Waals surface area contributed by atoms with Crippen molar-refractivity contribution in [1.29, 1.82) is 0 Å². The van der Waals surface area contributed by atoms with E-state index in [1.54, 1.807) is 19.1 Å². The first-order chi connectivity index (χ1) is 9.99. The second-order valence-corrected chi connectivity index (χ2v) is 8.08. The van der Waals surface area contributed by atoms with Crippen LogP contribution in [0.5, 0.6) is 0 Å². The molecule has 1 atom stereocenters. The van der Waals surface area contributed by atoms with Crippen LogP contribution in [0.3, 0.4) is 0 Å². The van der Waals surface area contributed by atoms with Gasteiger partial charge in [0.05, 0.1) is 10.7 Å². The predicted octanol–water partition coefficient (Wildman–Crippen LogP) is 2.03. The molecular weight excluding hydrogens is 308 g/mol. The number of fused-ring (bicyclic) bond motifs is 1. The minimum absolute atomic E-state index is 0.00817. The lowest BCUT2D eigenvalue weighted by molar-refractivity contribution is -0.385. The summed E-state index contributed by atoms with van der Waals surface area (Å²) in [5, 5.41) is 22.0. The van der Waals surface area contributed by atoms with Crippen LogP contribution in [0.2, 0.25) is 0 Å². The van der Waals surface area contributed by atoms with Crippen LogP contribution in [0.15, 0.2) is 18.2 Å². The number of nitro benzene ring substituents is 1. The Morgan fingerprint density at radius 3 is 2.55 bits per heavy atom. The molecule has 0 amide bonds. The Morgan fingerprint density at radius 1 is 1.36 bits per heavy atom. The van der Waals surface area contributed by atoms with E-state index in [2.05, 4.69) is 4.98 Å². The number of benzene rings is 1. The van der Waals surface area contributed by atoms with Gasteiger partial charge in [-0.05, 0) is 32.4 Å². The second-order valence-electron chi connectivity index (χ2n) is 5.82. The summed E-state index contributed by atoms with van der Waals surface area (Å²) in [6.07, 6.45) is 1.15. The highest BCUT2D eigenvalue weighted by atomic mass is 32.2. The molecule has 0 radical (unpaired) electrons. The third kappa shape index (κ3) is 3.45. The third-order valence-corrected chi connectivity index (χ3v) is 4.62. The molecule has 0 aliphatic heterocycles. The fourth-order valence-electron chi connectivity index (χ4n) is 2.28. The lowest BCUT2D eigenvalue weighted by atomic mass is 9.99. The molecule has 0 saturated heterocycles. The third-order valence-electron chi connectivity index (χ3n) is 3.67. The van der Waals surface area contributed by atoms with Crippen LogP contribution >= 0.6 is 0 Å². The van der Waals surface area contributed by atoms with E-state index in [4.69, 9.17) is 0 Å². The zero-order valence-corrected chi connectivity index (χ0v) is 13.4. The summed E-state index contributed by atoms with van der Waals surface area (Å²) < 4.78 is 22.5. The van der Waals surface area contributed by atoms with Crippen LogP contribution in [-0.2, 0) is 15.4 Å². The highest BCUT2D eigenvalue weighted by Gasteiger charge is 2.27. The number of aromatic amines is 1. The van der Waals surface area contributed by atoms with E-state index in [1.807, 2.05) is 0 Å². The number of nitro groups is 1. The van der Waals surface area contributed by atoms with Crippen LogP contribution in [0.1, 0.15) is 24.6 Å². The maximum absolute atomic E-state index is 11.2. The van der Waals surface area contributed by atoms with Gasteiger partial charge in [-0.1, -0.05) is 0 Å². The number of rotatable bonds is 5. The van der Waals surface area contributed by atoms with Gasteiger partial charge >= 0.3 is 0 Å². The fourth-order valence-corrected chi connectivity index (χ4v) is 3.05. The summed E-state index contributed by atoms with van der Waals surface area (Å²) in [5.74, 6) is -0.144. The van der Waals surface area contributed by atoms with Gasteiger partial charge in [-0.15, -0.1) is 0 Å². The molecule has 0 bridgehead atoms. The van der Waals surface area contributed by atoms with E-state index in [-0.39, 0.29) is 17.9 Å². The first-order valence-electron chi connectivity index (χ1n) is 6.68.